The van der Waals surface area contributed by atoms with E-state index in [1.165, 1.54) is 19.1 Å². The van der Waals surface area contributed by atoms with Crippen LogP contribution >= 0.6 is 0 Å². The van der Waals surface area contributed by atoms with Crippen LogP contribution in [0.1, 0.15) is 92.9 Å². The molecule has 0 spiro atoms. The largest absolute Gasteiger partial charge is 0.492 e. The van der Waals surface area contributed by atoms with E-state index in [0.29, 0.717) is 48.6 Å². The van der Waals surface area contributed by atoms with Gasteiger partial charge >= 0.3 is 12.4 Å². The molecule has 60 heavy (non-hydrogen) atoms. The monoisotopic (exact) mass is 838 g/mol. The number of halogens is 6. The normalized spacial score (nSPS) is 16.0. The molecule has 0 aromatic carbocycles. The van der Waals surface area contributed by atoms with Crippen LogP contribution in [0.15, 0.2) is 175 Å². The minimum Gasteiger partial charge on any atom is -0.492 e. The van der Waals surface area contributed by atoms with E-state index in [1.807, 2.05) is 45.1 Å². The van der Waals surface area contributed by atoms with E-state index in [0.717, 1.165) is 36.3 Å². The molecule has 1 aromatic heterocycles. The Morgan fingerprint density at radius 3 is 1.58 bits per heavy atom. The zero-order valence-corrected chi connectivity index (χ0v) is 36.2. The Bertz CT molecular complexity index is 1970. The second-order valence-electron chi connectivity index (χ2n) is 14.5. The molecule has 1 rings (SSSR count). The SMILES string of the molecule is C=C/C(=C\C=C(/C)c1nnc(/C(C=C)=C/C=C(\C=C)C(C)(C)CC)o1)O/C(C=C)=C/C=C(\C=C)C(/C(C=C)=C/C=C(\C)OC(C)(CC)CC/C=C/C)(C(F)(F)F)C(F)(F)F. The first-order valence-electron chi connectivity index (χ1n) is 19.4. The molecule has 1 aromatic rings. The molecule has 0 bridgehead atoms. The summed E-state index contributed by atoms with van der Waals surface area (Å²) < 4.78 is 108. The van der Waals surface area contributed by atoms with Crippen molar-refractivity contribution in [2.24, 2.45) is 10.8 Å². The third-order valence-electron chi connectivity index (χ3n) is 10.0. The Labute approximate surface area is 353 Å². The Kier molecular flexibility index (Phi) is 20.3. The molecule has 0 saturated carbocycles. The molecule has 0 radical (unpaired) electrons. The lowest BCUT2D eigenvalue weighted by Gasteiger charge is -2.39. The first kappa shape index (κ1) is 52.4. The molecule has 0 aliphatic carbocycles. The van der Waals surface area contributed by atoms with Crippen LogP contribution in [0.5, 0.6) is 0 Å². The summed E-state index contributed by atoms with van der Waals surface area (Å²) >= 11 is 0. The molecule has 1 unspecified atom stereocenters. The summed E-state index contributed by atoms with van der Waals surface area (Å²) in [6.45, 7) is 36.8. The van der Waals surface area contributed by atoms with Crippen molar-refractivity contribution in [3.8, 4) is 0 Å². The van der Waals surface area contributed by atoms with Crippen LogP contribution in [0.3, 0.4) is 0 Å². The molecular formula is C49H60F6N2O3. The highest BCUT2D eigenvalue weighted by molar-refractivity contribution is 5.70. The number of rotatable bonds is 24. The topological polar surface area (TPSA) is 57.4 Å². The minimum atomic E-state index is -5.90. The van der Waals surface area contributed by atoms with Gasteiger partial charge in [-0.15, -0.1) is 10.2 Å². The molecule has 0 aliphatic rings. The highest BCUT2D eigenvalue weighted by Gasteiger charge is 2.73. The number of allylic oxidation sites excluding steroid dienone is 22. The van der Waals surface area contributed by atoms with Gasteiger partial charge in [-0.25, -0.2) is 0 Å². The number of alkyl halides is 6. The predicted octanol–water partition coefficient (Wildman–Crippen LogP) is 15.5. The van der Waals surface area contributed by atoms with Crippen LogP contribution in [-0.2, 0) is 9.47 Å². The zero-order chi connectivity index (χ0) is 46.0. The fourth-order valence-electron chi connectivity index (χ4n) is 5.71. The van der Waals surface area contributed by atoms with Crippen molar-refractivity contribution in [3.63, 3.8) is 0 Å². The van der Waals surface area contributed by atoms with Crippen LogP contribution < -0.4 is 0 Å². The average Bonchev–Trinajstić information content (AvgIpc) is 3.69. The zero-order valence-electron chi connectivity index (χ0n) is 36.2. The highest BCUT2D eigenvalue weighted by atomic mass is 19.4. The van der Waals surface area contributed by atoms with Crippen molar-refractivity contribution < 1.29 is 40.2 Å². The van der Waals surface area contributed by atoms with E-state index in [1.54, 1.807) is 25.2 Å². The van der Waals surface area contributed by atoms with E-state index < -0.39 is 34.5 Å². The minimum absolute atomic E-state index is 0.0658. The third kappa shape index (κ3) is 13.7. The van der Waals surface area contributed by atoms with Crippen molar-refractivity contribution >= 4 is 11.1 Å². The molecule has 11 heteroatoms. The van der Waals surface area contributed by atoms with Crippen molar-refractivity contribution in [2.75, 3.05) is 0 Å². The molecule has 0 amide bonds. The highest BCUT2D eigenvalue weighted by Crippen LogP contribution is 2.60. The van der Waals surface area contributed by atoms with Crippen LogP contribution in [0, 0.1) is 10.8 Å². The third-order valence-corrected chi connectivity index (χ3v) is 10.0. The maximum atomic E-state index is 15.1. The second-order valence-corrected chi connectivity index (χ2v) is 14.5. The summed E-state index contributed by atoms with van der Waals surface area (Å²) in [5, 5.41) is 8.24. The lowest BCUT2D eigenvalue weighted by molar-refractivity contribution is -0.308. The van der Waals surface area contributed by atoms with Gasteiger partial charge in [-0.1, -0.05) is 128 Å². The average molecular weight is 839 g/mol. The molecular weight excluding hydrogens is 779 g/mol. The maximum absolute atomic E-state index is 15.1. The number of aromatic nitrogens is 2. The van der Waals surface area contributed by atoms with Gasteiger partial charge in [0.2, 0.25) is 17.2 Å². The van der Waals surface area contributed by atoms with Crippen molar-refractivity contribution in [1.82, 2.24) is 10.2 Å². The smallest absolute Gasteiger partial charge is 0.411 e. The van der Waals surface area contributed by atoms with Gasteiger partial charge < -0.3 is 13.9 Å². The fourth-order valence-corrected chi connectivity index (χ4v) is 5.71. The van der Waals surface area contributed by atoms with Gasteiger partial charge in [-0.05, 0) is 112 Å². The maximum Gasteiger partial charge on any atom is 0.411 e. The standard InChI is InChI=1S/C49H60F6N2O3/c1-15-24-25-34-46(14,23-9)60-36(11)27-29-39(18-4)47(48(50,51)52,49(53,54)55)40(19-5)31-33-42(21-7)58-41(20-6)32-26-35(10)43-56-57-44(59-43)37(16-2)28-30-38(17-3)45(12,13)22-8/h15-21,24,26-33H,2-7,22-23,25,34H2,1,8-14H3/b24-15+,35-26+,36-27+,37-28+,38-30+,39-29+,40-31+,41-32+,42-33+. The molecule has 0 N–H and O–H groups in total. The van der Waals surface area contributed by atoms with Gasteiger partial charge in [-0.3, -0.25) is 0 Å². The van der Waals surface area contributed by atoms with Gasteiger partial charge in [0.15, 0.2) is 0 Å². The lowest BCUT2D eigenvalue weighted by Crippen LogP contribution is -2.52. The first-order valence-corrected chi connectivity index (χ1v) is 19.4. The molecule has 1 atom stereocenters. The van der Waals surface area contributed by atoms with Crippen molar-refractivity contribution in [2.45, 2.75) is 99.0 Å². The Balaban J connectivity index is 3.73. The Morgan fingerprint density at radius 1 is 0.633 bits per heavy atom. The van der Waals surface area contributed by atoms with Gasteiger partial charge in [0.1, 0.15) is 17.1 Å². The second kappa shape index (κ2) is 23.3. The molecule has 0 saturated heterocycles. The van der Waals surface area contributed by atoms with Gasteiger partial charge in [0.05, 0.1) is 5.76 Å². The number of hydrogen-bond acceptors (Lipinski definition) is 5. The summed E-state index contributed by atoms with van der Waals surface area (Å²) in [5.74, 6) is 0.367. The first-order chi connectivity index (χ1) is 28.0. The quantitative estimate of drug-likeness (QED) is 0.0449. The van der Waals surface area contributed by atoms with E-state index in [4.69, 9.17) is 13.9 Å². The summed E-state index contributed by atoms with van der Waals surface area (Å²) in [4.78, 5) is 0. The number of hydrogen-bond donors (Lipinski definition) is 0. The number of ether oxygens (including phenoxy) is 2. The van der Waals surface area contributed by atoms with Crippen molar-refractivity contribution in [3.05, 3.63) is 182 Å². The van der Waals surface area contributed by atoms with E-state index >= 15 is 26.3 Å². The van der Waals surface area contributed by atoms with Gasteiger partial charge in [0.25, 0.3) is 0 Å². The molecule has 1 heterocycles. The van der Waals surface area contributed by atoms with Crippen LogP contribution in [0.2, 0.25) is 0 Å². The van der Waals surface area contributed by atoms with E-state index in [9.17, 15) is 0 Å². The van der Waals surface area contributed by atoms with E-state index in [-0.39, 0.29) is 34.5 Å². The molecule has 0 fully saturated rings. The summed E-state index contributed by atoms with van der Waals surface area (Å²) in [7, 11) is 0. The molecule has 326 valence electrons. The van der Waals surface area contributed by atoms with Crippen LogP contribution in [0.25, 0.3) is 11.1 Å². The van der Waals surface area contributed by atoms with Crippen molar-refractivity contribution in [1.29, 1.82) is 0 Å². The van der Waals surface area contributed by atoms with E-state index in [2.05, 4.69) is 70.4 Å². The summed E-state index contributed by atoms with van der Waals surface area (Å²) in [6.07, 6.45) is 11.6. The lowest BCUT2D eigenvalue weighted by atomic mass is 9.71. The predicted molar refractivity (Wildman–Crippen MR) is 235 cm³/mol. The van der Waals surface area contributed by atoms with Gasteiger partial charge in [-0.2, -0.15) is 26.3 Å². The fraction of sp³-hybridized carbons (Fsp3) is 0.347. The van der Waals surface area contributed by atoms with Crippen LogP contribution in [-0.4, -0.2) is 28.2 Å². The Morgan fingerprint density at radius 2 is 1.13 bits per heavy atom. The number of nitrogens with zero attached hydrogens (tertiary/aromatic N) is 2. The summed E-state index contributed by atoms with van der Waals surface area (Å²) in [5.41, 5.74) is -5.69. The van der Waals surface area contributed by atoms with Gasteiger partial charge in [0, 0.05) is 11.1 Å². The van der Waals surface area contributed by atoms with Crippen LogP contribution in [0.4, 0.5) is 26.3 Å². The molecule has 0 aliphatic heterocycles. The summed E-state index contributed by atoms with van der Waals surface area (Å²) in [6, 6.07) is 0. The Hall–Kier alpha value is -5.58. The molecule has 5 nitrogen and oxygen atoms in total.